The molecule has 0 saturated heterocycles. The largest absolute Gasteiger partial charge is 0.331 e. The summed E-state index contributed by atoms with van der Waals surface area (Å²) < 4.78 is 67.3. The van der Waals surface area contributed by atoms with Crippen molar-refractivity contribution in [2.75, 3.05) is 6.54 Å². The van der Waals surface area contributed by atoms with Gasteiger partial charge >= 0.3 is 10.2 Å². The van der Waals surface area contributed by atoms with Crippen molar-refractivity contribution in [1.29, 1.82) is 5.26 Å². The van der Waals surface area contributed by atoms with Crippen LogP contribution >= 0.6 is 21.8 Å². The SMILES string of the molecule is C[C@@H]1Cc2nn3c(c2CN1C(=O)c1ccc(Cl)c(C#N)c1)C(=O)N([C@H](C)c1ccc(S(F)(F)(F)(F)F)cc1)CC3. The molecule has 0 bridgehead atoms. The number of rotatable bonds is 4. The molecule has 2 aromatic carbocycles. The molecule has 14 heteroatoms. The van der Waals surface area contributed by atoms with Gasteiger partial charge in [-0.3, -0.25) is 14.3 Å². The fraction of sp³-hybridized carbons (Fsp3) is 0.308. The molecule has 5 rings (SSSR count). The van der Waals surface area contributed by atoms with Gasteiger partial charge in [0.2, 0.25) is 0 Å². The molecule has 7 nitrogen and oxygen atoms in total. The van der Waals surface area contributed by atoms with Crippen molar-refractivity contribution in [1.82, 2.24) is 19.6 Å². The van der Waals surface area contributed by atoms with E-state index in [2.05, 4.69) is 5.10 Å². The molecule has 2 aliphatic heterocycles. The first-order valence-electron chi connectivity index (χ1n) is 12.2. The van der Waals surface area contributed by atoms with Gasteiger partial charge in [-0.15, -0.1) is 0 Å². The maximum atomic E-state index is 13.7. The lowest BCUT2D eigenvalue weighted by Crippen LogP contribution is -2.44. The van der Waals surface area contributed by atoms with Crippen molar-refractivity contribution >= 4 is 33.6 Å². The number of amides is 2. The molecule has 3 aromatic rings. The third-order valence-electron chi connectivity index (χ3n) is 7.37. The van der Waals surface area contributed by atoms with Crippen molar-refractivity contribution in [3.05, 3.63) is 81.1 Å². The minimum absolute atomic E-state index is 0.0851. The zero-order valence-electron chi connectivity index (χ0n) is 21.3. The van der Waals surface area contributed by atoms with Crippen LogP contribution in [0.4, 0.5) is 19.4 Å². The number of benzene rings is 2. The lowest BCUT2D eigenvalue weighted by molar-refractivity contribution is 0.0605. The summed E-state index contributed by atoms with van der Waals surface area (Å²) in [6.45, 7) is 4.06. The van der Waals surface area contributed by atoms with Crippen molar-refractivity contribution in [2.24, 2.45) is 0 Å². The van der Waals surface area contributed by atoms with Crippen molar-refractivity contribution in [3.63, 3.8) is 0 Å². The summed E-state index contributed by atoms with van der Waals surface area (Å²) in [6, 6.07) is 7.99. The van der Waals surface area contributed by atoms with Crippen LogP contribution in [0.1, 0.15) is 63.1 Å². The Balaban J connectivity index is 1.42. The van der Waals surface area contributed by atoms with E-state index in [4.69, 9.17) is 11.6 Å². The molecule has 40 heavy (non-hydrogen) atoms. The van der Waals surface area contributed by atoms with Gasteiger partial charge in [0.15, 0.2) is 0 Å². The number of aromatic nitrogens is 2. The summed E-state index contributed by atoms with van der Waals surface area (Å²) in [5, 5.41) is 14.1. The molecular formula is C26H23ClF5N5O2S. The average molecular weight is 600 g/mol. The number of hydrogen-bond acceptors (Lipinski definition) is 4. The highest BCUT2D eigenvalue weighted by Gasteiger charge is 2.65. The molecule has 0 unspecified atom stereocenters. The van der Waals surface area contributed by atoms with Gasteiger partial charge in [-0.05, 0) is 49.7 Å². The standard InChI is InChI=1S/C26H23ClF5N5O2S/c1-15-11-23-21(14-36(15)25(38)18-5-8-22(27)19(12-18)13-33)24-26(39)35(9-10-37(24)34-23)16(2)17-3-6-20(7-4-17)40(28,29,30,31)32/h3-8,12,15-16H,9-11,14H2,1-2H3/t15-,16-/m1/s1. The van der Waals surface area contributed by atoms with Crippen molar-refractivity contribution in [3.8, 4) is 6.07 Å². The van der Waals surface area contributed by atoms with Crippen molar-refractivity contribution in [2.45, 2.75) is 50.3 Å². The normalized spacial score (nSPS) is 19.7. The monoisotopic (exact) mass is 599 g/mol. The summed E-state index contributed by atoms with van der Waals surface area (Å²) in [5.41, 5.74) is 2.21. The molecule has 3 heterocycles. The zero-order chi connectivity index (χ0) is 29.3. The second kappa shape index (κ2) is 8.68. The lowest BCUT2D eigenvalue weighted by atomic mass is 9.97. The number of fused-ring (bicyclic) bond motifs is 3. The summed E-state index contributed by atoms with van der Waals surface area (Å²) >= 11 is 6.00. The first-order chi connectivity index (χ1) is 18.5. The van der Waals surface area contributed by atoms with Gasteiger partial charge < -0.3 is 9.80 Å². The maximum Gasteiger partial charge on any atom is 0.310 e. The van der Waals surface area contributed by atoms with Crippen LogP contribution < -0.4 is 0 Å². The smallest absolute Gasteiger partial charge is 0.310 e. The van der Waals surface area contributed by atoms with Crippen LogP contribution in [0.3, 0.4) is 0 Å². The first kappa shape index (κ1) is 27.9. The van der Waals surface area contributed by atoms with Crippen LogP contribution in [0, 0.1) is 11.3 Å². The Kier molecular flexibility index (Phi) is 6.06. The molecule has 0 N–H and O–H groups in total. The zero-order valence-corrected chi connectivity index (χ0v) is 22.8. The first-order valence-corrected chi connectivity index (χ1v) is 14.6. The minimum Gasteiger partial charge on any atom is -0.331 e. The van der Waals surface area contributed by atoms with Gasteiger partial charge in [0, 0.05) is 30.1 Å². The second-order valence-electron chi connectivity index (χ2n) is 10.0. The van der Waals surface area contributed by atoms with E-state index in [0.29, 0.717) is 36.4 Å². The van der Waals surface area contributed by atoms with Crippen LogP contribution in [0.2, 0.25) is 5.02 Å². The predicted octanol–water partition coefficient (Wildman–Crippen LogP) is 6.87. The molecule has 2 amide bonds. The van der Waals surface area contributed by atoms with E-state index in [1.54, 1.807) is 16.5 Å². The van der Waals surface area contributed by atoms with E-state index in [0.717, 1.165) is 12.1 Å². The van der Waals surface area contributed by atoms with Crippen LogP contribution in [0.5, 0.6) is 0 Å². The van der Waals surface area contributed by atoms with Gasteiger partial charge in [0.1, 0.15) is 16.7 Å². The number of nitrogens with zero attached hydrogens (tertiary/aromatic N) is 5. The Morgan fingerprint density at radius 1 is 1.12 bits per heavy atom. The quantitative estimate of drug-likeness (QED) is 0.307. The molecule has 2 atom stereocenters. The van der Waals surface area contributed by atoms with E-state index in [1.807, 2.05) is 13.0 Å². The molecule has 0 radical (unpaired) electrons. The Morgan fingerprint density at radius 2 is 1.80 bits per heavy atom. The number of carbonyl (C=O) groups is 2. The van der Waals surface area contributed by atoms with E-state index in [1.165, 1.54) is 23.1 Å². The van der Waals surface area contributed by atoms with Gasteiger partial charge in [-0.25, -0.2) is 0 Å². The third-order valence-corrected chi connectivity index (χ3v) is 8.86. The Hall–Kier alpha value is -3.63. The summed E-state index contributed by atoms with van der Waals surface area (Å²) in [7, 11) is -9.81. The molecular weight excluding hydrogens is 577 g/mol. The summed E-state index contributed by atoms with van der Waals surface area (Å²) in [5.74, 6) is -0.770. The predicted molar refractivity (Wildman–Crippen MR) is 139 cm³/mol. The van der Waals surface area contributed by atoms with E-state index < -0.39 is 27.1 Å². The average Bonchev–Trinajstić information content (AvgIpc) is 3.24. The van der Waals surface area contributed by atoms with Gasteiger partial charge in [-0.2, -0.15) is 10.4 Å². The molecule has 1 aromatic heterocycles. The topological polar surface area (TPSA) is 82.2 Å². The fourth-order valence-corrected chi connectivity index (χ4v) is 5.98. The second-order valence-corrected chi connectivity index (χ2v) is 12.8. The molecule has 0 spiro atoms. The number of halogens is 6. The Labute approximate surface area is 231 Å². The Morgan fingerprint density at radius 3 is 2.42 bits per heavy atom. The summed E-state index contributed by atoms with van der Waals surface area (Å²) in [4.78, 5) is 28.1. The van der Waals surface area contributed by atoms with Crippen molar-refractivity contribution < 1.29 is 29.0 Å². The van der Waals surface area contributed by atoms with Crippen LogP contribution in [0.25, 0.3) is 0 Å². The number of hydrogen-bond donors (Lipinski definition) is 0. The van der Waals surface area contributed by atoms with Crippen LogP contribution in [-0.4, -0.2) is 44.0 Å². The molecule has 0 fully saturated rings. The van der Waals surface area contributed by atoms with Gasteiger partial charge in [-0.1, -0.05) is 43.2 Å². The molecule has 0 aliphatic carbocycles. The highest BCUT2D eigenvalue weighted by molar-refractivity contribution is 8.45. The van der Waals surface area contributed by atoms with E-state index in [9.17, 15) is 34.3 Å². The Bertz CT molecular complexity index is 1600. The minimum atomic E-state index is -9.81. The highest BCUT2D eigenvalue weighted by Crippen LogP contribution is 3.02. The number of nitriles is 1. The van der Waals surface area contributed by atoms with E-state index in [-0.39, 0.29) is 52.4 Å². The fourth-order valence-electron chi connectivity index (χ4n) is 5.17. The number of carbonyl (C=O) groups excluding carboxylic acids is 2. The lowest BCUT2D eigenvalue weighted by Gasteiger charge is -2.40. The van der Waals surface area contributed by atoms with Gasteiger partial charge in [0.25, 0.3) is 11.8 Å². The molecule has 212 valence electrons. The maximum absolute atomic E-state index is 13.7. The van der Waals surface area contributed by atoms with Crippen LogP contribution in [0.15, 0.2) is 47.4 Å². The third kappa shape index (κ3) is 4.90. The van der Waals surface area contributed by atoms with Crippen LogP contribution in [-0.2, 0) is 19.5 Å². The molecule has 0 saturated carbocycles. The molecule has 2 aliphatic rings. The van der Waals surface area contributed by atoms with Gasteiger partial charge in [0.05, 0.1) is 35.4 Å². The summed E-state index contributed by atoms with van der Waals surface area (Å²) in [6.07, 6.45) is 0.387. The highest BCUT2D eigenvalue weighted by atomic mass is 35.5. The van der Waals surface area contributed by atoms with E-state index >= 15 is 0 Å².